The van der Waals surface area contributed by atoms with Gasteiger partial charge >= 0.3 is 0 Å². The second-order valence-corrected chi connectivity index (χ2v) is 8.00. The van der Waals surface area contributed by atoms with Crippen LogP contribution in [-0.2, 0) is 9.59 Å². The van der Waals surface area contributed by atoms with Crippen LogP contribution in [0, 0.1) is 0 Å². The summed E-state index contributed by atoms with van der Waals surface area (Å²) in [5.74, 6) is 0.777. The van der Waals surface area contributed by atoms with Crippen LogP contribution >= 0.6 is 11.8 Å². The van der Waals surface area contributed by atoms with Gasteiger partial charge in [-0.25, -0.2) is 4.98 Å². The van der Waals surface area contributed by atoms with Crippen molar-refractivity contribution in [3.63, 3.8) is 0 Å². The van der Waals surface area contributed by atoms with Gasteiger partial charge in [0, 0.05) is 5.54 Å². The van der Waals surface area contributed by atoms with E-state index in [0.717, 1.165) is 16.9 Å². The lowest BCUT2D eigenvalue weighted by molar-refractivity contribution is -0.125. The molecule has 0 saturated heterocycles. The van der Waals surface area contributed by atoms with Crippen LogP contribution in [0.25, 0.3) is 11.0 Å². The van der Waals surface area contributed by atoms with Gasteiger partial charge in [0.1, 0.15) is 5.82 Å². The summed E-state index contributed by atoms with van der Waals surface area (Å²) in [5.41, 5.74) is 1.61. The van der Waals surface area contributed by atoms with Gasteiger partial charge in [-0.05, 0) is 39.8 Å². The van der Waals surface area contributed by atoms with E-state index < -0.39 is 0 Å². The number of benzene rings is 1. The minimum absolute atomic E-state index is 0.00428. The molecule has 0 aliphatic heterocycles. The zero-order valence-electron chi connectivity index (χ0n) is 14.5. The van der Waals surface area contributed by atoms with Crippen molar-refractivity contribution in [2.24, 2.45) is 0 Å². The van der Waals surface area contributed by atoms with E-state index in [4.69, 9.17) is 0 Å². The Kier molecular flexibility index (Phi) is 5.88. The molecule has 24 heavy (non-hydrogen) atoms. The molecule has 0 fully saturated rings. The monoisotopic (exact) mass is 348 g/mol. The molecular weight excluding hydrogens is 324 g/mol. The fourth-order valence-electron chi connectivity index (χ4n) is 2.14. The first-order valence-corrected chi connectivity index (χ1v) is 8.93. The highest BCUT2D eigenvalue weighted by atomic mass is 32.2. The van der Waals surface area contributed by atoms with Gasteiger partial charge in [0.25, 0.3) is 0 Å². The predicted octanol–water partition coefficient (Wildman–Crippen LogP) is 2.39. The first-order valence-electron chi connectivity index (χ1n) is 7.88. The quantitative estimate of drug-likeness (QED) is 0.748. The van der Waals surface area contributed by atoms with Gasteiger partial charge in [-0.3, -0.25) is 9.59 Å². The summed E-state index contributed by atoms with van der Waals surface area (Å²) in [7, 11) is 0. The van der Waals surface area contributed by atoms with Gasteiger partial charge in [0.05, 0.1) is 28.6 Å². The minimum atomic E-state index is -0.299. The Hall–Kier alpha value is -2.02. The molecule has 1 heterocycles. The van der Waals surface area contributed by atoms with Crippen molar-refractivity contribution in [1.82, 2.24) is 20.6 Å². The Balaban J connectivity index is 1.77. The number of thioether (sulfide) groups is 1. The van der Waals surface area contributed by atoms with E-state index in [1.165, 1.54) is 11.8 Å². The summed E-state index contributed by atoms with van der Waals surface area (Å²) in [6.07, 6.45) is 0. The van der Waals surface area contributed by atoms with Crippen LogP contribution in [-0.4, -0.2) is 39.6 Å². The number of hydrogen-bond acceptors (Lipinski definition) is 4. The Morgan fingerprint density at radius 2 is 1.96 bits per heavy atom. The molecular formula is C17H24N4O2S. The zero-order valence-corrected chi connectivity index (χ0v) is 15.3. The summed E-state index contributed by atoms with van der Waals surface area (Å²) in [4.78, 5) is 31.4. The lowest BCUT2D eigenvalue weighted by Crippen LogP contribution is -2.46. The van der Waals surface area contributed by atoms with Crippen molar-refractivity contribution in [1.29, 1.82) is 0 Å². The van der Waals surface area contributed by atoms with Gasteiger partial charge < -0.3 is 15.6 Å². The van der Waals surface area contributed by atoms with E-state index in [9.17, 15) is 9.59 Å². The number of aromatic amines is 1. The van der Waals surface area contributed by atoms with Crippen LogP contribution in [0.3, 0.4) is 0 Å². The van der Waals surface area contributed by atoms with Crippen LogP contribution in [0.1, 0.15) is 38.8 Å². The molecule has 0 bridgehead atoms. The van der Waals surface area contributed by atoms with Gasteiger partial charge in [-0.15, -0.1) is 11.8 Å². The molecule has 3 N–H and O–H groups in total. The highest BCUT2D eigenvalue weighted by Crippen LogP contribution is 2.27. The van der Waals surface area contributed by atoms with Crippen molar-refractivity contribution >= 4 is 34.6 Å². The van der Waals surface area contributed by atoms with E-state index in [1.54, 1.807) is 0 Å². The molecule has 1 atom stereocenters. The number of hydrogen-bond donors (Lipinski definition) is 3. The number of aromatic nitrogens is 2. The summed E-state index contributed by atoms with van der Waals surface area (Å²) in [5, 5.41) is 5.50. The number of H-pyrrole nitrogens is 1. The lowest BCUT2D eigenvalue weighted by atomic mass is 10.1. The fourth-order valence-corrected chi connectivity index (χ4v) is 2.91. The summed E-state index contributed by atoms with van der Waals surface area (Å²) < 4.78 is 0. The fraction of sp³-hybridized carbons (Fsp3) is 0.471. The first-order chi connectivity index (χ1) is 11.2. The molecule has 1 aromatic heterocycles. The smallest absolute Gasteiger partial charge is 0.239 e. The Labute approximate surface area is 146 Å². The predicted molar refractivity (Wildman–Crippen MR) is 97.9 cm³/mol. The third-order valence-electron chi connectivity index (χ3n) is 3.22. The number of rotatable bonds is 6. The van der Waals surface area contributed by atoms with Crippen LogP contribution in [0.4, 0.5) is 0 Å². The molecule has 0 radical (unpaired) electrons. The maximum absolute atomic E-state index is 11.9. The first kappa shape index (κ1) is 18.3. The van der Waals surface area contributed by atoms with Crippen LogP contribution in [0.5, 0.6) is 0 Å². The minimum Gasteiger partial charge on any atom is -0.350 e. The van der Waals surface area contributed by atoms with Gasteiger partial charge in [-0.1, -0.05) is 12.1 Å². The van der Waals surface area contributed by atoms with Gasteiger partial charge in [-0.2, -0.15) is 0 Å². The molecule has 2 rings (SSSR count). The highest BCUT2D eigenvalue weighted by Gasteiger charge is 2.16. The van der Waals surface area contributed by atoms with E-state index in [-0.39, 0.29) is 34.9 Å². The number of fused-ring (bicyclic) bond motifs is 1. The number of para-hydroxylation sites is 2. The number of nitrogens with one attached hydrogen (secondary N) is 3. The van der Waals surface area contributed by atoms with Crippen LogP contribution in [0.2, 0.25) is 0 Å². The molecule has 6 nitrogen and oxygen atoms in total. The van der Waals surface area contributed by atoms with Crippen molar-refractivity contribution in [2.45, 2.75) is 38.5 Å². The molecule has 7 heteroatoms. The lowest BCUT2D eigenvalue weighted by Gasteiger charge is -2.20. The Morgan fingerprint density at radius 1 is 1.25 bits per heavy atom. The number of amides is 2. The number of carbonyl (C=O) groups excluding carboxylic acids is 2. The molecule has 0 spiro atoms. The SMILES string of the molecule is C[C@@H](SCC(=O)NCC(=O)NC(C)(C)C)c1nc2ccccc2[nH]1. The third kappa shape index (κ3) is 5.56. The van der Waals surface area contributed by atoms with E-state index >= 15 is 0 Å². The van der Waals surface area contributed by atoms with E-state index in [2.05, 4.69) is 20.6 Å². The Bertz CT molecular complexity index is 688. The molecule has 0 saturated carbocycles. The van der Waals surface area contributed by atoms with Crippen molar-refractivity contribution in [2.75, 3.05) is 12.3 Å². The largest absolute Gasteiger partial charge is 0.350 e. The number of imidazole rings is 1. The second-order valence-electron chi connectivity index (χ2n) is 6.67. The summed E-state index contributed by atoms with van der Waals surface area (Å²) in [6, 6.07) is 7.83. The Morgan fingerprint density at radius 3 is 2.62 bits per heavy atom. The molecule has 0 unspecified atom stereocenters. The van der Waals surface area contributed by atoms with Gasteiger partial charge in [0.15, 0.2) is 0 Å². The second kappa shape index (κ2) is 7.70. The molecule has 2 amide bonds. The zero-order chi connectivity index (χ0) is 17.7. The molecule has 130 valence electrons. The van der Waals surface area contributed by atoms with Crippen molar-refractivity contribution < 1.29 is 9.59 Å². The third-order valence-corrected chi connectivity index (χ3v) is 4.37. The highest BCUT2D eigenvalue weighted by molar-refractivity contribution is 8.00. The number of nitrogens with zero attached hydrogens (tertiary/aromatic N) is 1. The molecule has 2 aromatic rings. The van der Waals surface area contributed by atoms with Crippen LogP contribution < -0.4 is 10.6 Å². The summed E-state index contributed by atoms with van der Waals surface area (Å²) >= 11 is 1.48. The van der Waals surface area contributed by atoms with E-state index in [1.807, 2.05) is 52.0 Å². The van der Waals surface area contributed by atoms with Crippen molar-refractivity contribution in [3.05, 3.63) is 30.1 Å². The molecule has 0 aliphatic carbocycles. The van der Waals surface area contributed by atoms with Gasteiger partial charge in [0.2, 0.25) is 11.8 Å². The van der Waals surface area contributed by atoms with Crippen LogP contribution in [0.15, 0.2) is 24.3 Å². The topological polar surface area (TPSA) is 86.9 Å². The maximum Gasteiger partial charge on any atom is 0.239 e. The average Bonchev–Trinajstić information content (AvgIpc) is 2.93. The molecule has 1 aromatic carbocycles. The molecule has 0 aliphatic rings. The normalized spacial score (nSPS) is 12.8. The summed E-state index contributed by atoms with van der Waals surface area (Å²) in [6.45, 7) is 7.70. The standard InChI is InChI=1S/C17H24N4O2S/c1-11(16-19-12-7-5-6-8-13(12)20-16)24-10-15(23)18-9-14(22)21-17(2,3)4/h5-8,11H,9-10H2,1-4H3,(H,18,23)(H,19,20)(H,21,22)/t11-/m1/s1. The van der Waals surface area contributed by atoms with Crippen molar-refractivity contribution in [3.8, 4) is 0 Å². The average molecular weight is 348 g/mol. The van der Waals surface area contributed by atoms with E-state index in [0.29, 0.717) is 0 Å². The number of carbonyl (C=O) groups is 2. The maximum atomic E-state index is 11.9.